The van der Waals surface area contributed by atoms with E-state index in [1.165, 1.54) is 5.57 Å². The van der Waals surface area contributed by atoms with Gasteiger partial charge in [-0.1, -0.05) is 25.5 Å². The Balaban J connectivity index is 2.69. The molecule has 0 N–H and O–H groups in total. The Morgan fingerprint density at radius 2 is 2.00 bits per heavy atom. The maximum absolute atomic E-state index is 8.75. The average molecular weight is 149 g/mol. The molecule has 1 heteroatoms. The Bertz CT molecular complexity index is 226. The lowest BCUT2D eigenvalue weighted by Crippen LogP contribution is -1.88. The van der Waals surface area contributed by atoms with Crippen molar-refractivity contribution >= 4 is 0 Å². The molecule has 0 radical (unpaired) electrons. The summed E-state index contributed by atoms with van der Waals surface area (Å²) in [5, 5.41) is 8.75. The second-order valence-electron chi connectivity index (χ2n) is 4.20. The van der Waals surface area contributed by atoms with Crippen LogP contribution in [0.1, 0.15) is 27.7 Å². The first kappa shape index (κ1) is 8.33. The van der Waals surface area contributed by atoms with Gasteiger partial charge in [-0.2, -0.15) is 5.26 Å². The largest absolute Gasteiger partial charge is 0.198 e. The third-order valence-electron chi connectivity index (χ3n) is 2.56. The van der Waals surface area contributed by atoms with E-state index in [0.29, 0.717) is 5.92 Å². The molecule has 60 valence electrons. The number of hydrogen-bond donors (Lipinski definition) is 0. The monoisotopic (exact) mass is 149 g/mol. The molecule has 0 aromatic heterocycles. The zero-order valence-electron chi connectivity index (χ0n) is 7.68. The van der Waals surface area contributed by atoms with Crippen molar-refractivity contribution in [3.05, 3.63) is 11.6 Å². The van der Waals surface area contributed by atoms with Gasteiger partial charge >= 0.3 is 0 Å². The number of nitriles is 1. The average Bonchev–Trinajstić information content (AvgIpc) is 2.33. The predicted octanol–water partition coefficient (Wildman–Crippen LogP) is 2.75. The molecule has 0 unspecified atom stereocenters. The van der Waals surface area contributed by atoms with E-state index in [-0.39, 0.29) is 11.3 Å². The molecule has 1 aliphatic rings. The quantitative estimate of drug-likeness (QED) is 0.526. The summed E-state index contributed by atoms with van der Waals surface area (Å²) >= 11 is 0. The zero-order valence-corrected chi connectivity index (χ0v) is 7.68. The van der Waals surface area contributed by atoms with Crippen molar-refractivity contribution in [2.45, 2.75) is 27.7 Å². The van der Waals surface area contributed by atoms with Crippen LogP contribution in [-0.2, 0) is 0 Å². The zero-order chi connectivity index (χ0) is 8.65. The topological polar surface area (TPSA) is 23.8 Å². The Morgan fingerprint density at radius 3 is 2.27 bits per heavy atom. The summed E-state index contributed by atoms with van der Waals surface area (Å²) < 4.78 is 0. The molecule has 1 saturated carbocycles. The van der Waals surface area contributed by atoms with Gasteiger partial charge in [-0.05, 0) is 25.2 Å². The van der Waals surface area contributed by atoms with E-state index in [9.17, 15) is 0 Å². The van der Waals surface area contributed by atoms with Crippen molar-refractivity contribution in [3.63, 3.8) is 0 Å². The van der Waals surface area contributed by atoms with E-state index in [1.807, 2.05) is 0 Å². The van der Waals surface area contributed by atoms with E-state index < -0.39 is 0 Å². The predicted molar refractivity (Wildman–Crippen MR) is 45.8 cm³/mol. The lowest BCUT2D eigenvalue weighted by atomic mass is 10.1. The molecule has 1 nitrogen and oxygen atoms in total. The maximum atomic E-state index is 8.75. The summed E-state index contributed by atoms with van der Waals surface area (Å²) in [6, 6.07) is 2.34. The Morgan fingerprint density at radius 1 is 1.45 bits per heavy atom. The van der Waals surface area contributed by atoms with Crippen LogP contribution in [0.15, 0.2) is 11.6 Å². The first-order valence-corrected chi connectivity index (χ1v) is 4.04. The summed E-state index contributed by atoms with van der Waals surface area (Å²) in [5.74, 6) is 0.745. The molecule has 2 atom stereocenters. The summed E-state index contributed by atoms with van der Waals surface area (Å²) in [4.78, 5) is 0. The van der Waals surface area contributed by atoms with Gasteiger partial charge < -0.3 is 0 Å². The van der Waals surface area contributed by atoms with Gasteiger partial charge in [0, 0.05) is 0 Å². The van der Waals surface area contributed by atoms with Gasteiger partial charge in [0.05, 0.1) is 12.0 Å². The highest BCUT2D eigenvalue weighted by Crippen LogP contribution is 2.58. The highest BCUT2D eigenvalue weighted by molar-refractivity contribution is 5.23. The van der Waals surface area contributed by atoms with Gasteiger partial charge in [0.25, 0.3) is 0 Å². The molecule has 0 saturated heterocycles. The molecule has 0 spiro atoms. The van der Waals surface area contributed by atoms with Crippen molar-refractivity contribution in [1.82, 2.24) is 0 Å². The van der Waals surface area contributed by atoms with Gasteiger partial charge in [0.1, 0.15) is 0 Å². The highest BCUT2D eigenvalue weighted by atomic mass is 14.6. The molecule has 0 heterocycles. The molecule has 1 fully saturated rings. The molecule has 1 aliphatic carbocycles. The van der Waals surface area contributed by atoms with E-state index in [1.54, 1.807) is 0 Å². The van der Waals surface area contributed by atoms with Crippen LogP contribution in [0.4, 0.5) is 0 Å². The fourth-order valence-electron chi connectivity index (χ4n) is 1.59. The summed E-state index contributed by atoms with van der Waals surface area (Å²) in [5.41, 5.74) is 1.55. The molecule has 0 aromatic carbocycles. The van der Waals surface area contributed by atoms with Crippen LogP contribution in [0.3, 0.4) is 0 Å². The van der Waals surface area contributed by atoms with E-state index in [2.05, 4.69) is 39.8 Å². The molecule has 0 aromatic rings. The van der Waals surface area contributed by atoms with E-state index >= 15 is 0 Å². The van der Waals surface area contributed by atoms with Crippen LogP contribution in [-0.4, -0.2) is 0 Å². The first-order chi connectivity index (χ1) is 5.00. The Hall–Kier alpha value is -0.770. The summed E-state index contributed by atoms with van der Waals surface area (Å²) in [7, 11) is 0. The molecule has 1 rings (SSSR count). The van der Waals surface area contributed by atoms with Crippen LogP contribution in [0.5, 0.6) is 0 Å². The van der Waals surface area contributed by atoms with Crippen molar-refractivity contribution < 1.29 is 0 Å². The first-order valence-electron chi connectivity index (χ1n) is 4.04. The fourth-order valence-corrected chi connectivity index (χ4v) is 1.59. The lowest BCUT2D eigenvalue weighted by Gasteiger charge is -1.95. The Labute approximate surface area is 68.7 Å². The van der Waals surface area contributed by atoms with Crippen molar-refractivity contribution in [2.24, 2.45) is 17.3 Å². The summed E-state index contributed by atoms with van der Waals surface area (Å²) in [6.07, 6.45) is 2.22. The second-order valence-corrected chi connectivity index (χ2v) is 4.20. The molecular weight excluding hydrogens is 134 g/mol. The summed E-state index contributed by atoms with van der Waals surface area (Å²) in [6.45, 7) is 8.49. The minimum Gasteiger partial charge on any atom is -0.198 e. The third kappa shape index (κ3) is 1.30. The van der Waals surface area contributed by atoms with Crippen LogP contribution in [0.2, 0.25) is 0 Å². The minimum absolute atomic E-state index is 0.228. The molecule has 0 aliphatic heterocycles. The maximum Gasteiger partial charge on any atom is 0.0668 e. The van der Waals surface area contributed by atoms with Gasteiger partial charge in [-0.15, -0.1) is 0 Å². The van der Waals surface area contributed by atoms with Gasteiger partial charge in [0.15, 0.2) is 0 Å². The van der Waals surface area contributed by atoms with Crippen LogP contribution in [0.25, 0.3) is 0 Å². The lowest BCUT2D eigenvalue weighted by molar-refractivity contribution is 0.588. The van der Waals surface area contributed by atoms with E-state index in [4.69, 9.17) is 5.26 Å². The van der Waals surface area contributed by atoms with E-state index in [0.717, 1.165) is 0 Å². The Kier molecular flexibility index (Phi) is 1.80. The van der Waals surface area contributed by atoms with Crippen molar-refractivity contribution in [1.29, 1.82) is 5.26 Å². The molecule has 11 heavy (non-hydrogen) atoms. The SMILES string of the molecule is CC(C)=C[C@H]1[C@H](C#N)C1(C)C. The number of allylic oxidation sites excluding steroid dienone is 2. The van der Waals surface area contributed by atoms with Crippen molar-refractivity contribution in [3.8, 4) is 6.07 Å². The highest BCUT2D eigenvalue weighted by Gasteiger charge is 2.56. The second kappa shape index (κ2) is 2.37. The normalized spacial score (nSPS) is 32.3. The third-order valence-corrected chi connectivity index (χ3v) is 2.56. The number of rotatable bonds is 1. The standard InChI is InChI=1S/C10H15N/c1-7(2)5-8-9(6-11)10(8,3)4/h5,8-9H,1-4H3/t8-,9-/m0/s1. The number of hydrogen-bond acceptors (Lipinski definition) is 1. The molecule has 0 bridgehead atoms. The van der Waals surface area contributed by atoms with Crippen LogP contribution < -0.4 is 0 Å². The number of nitrogens with zero attached hydrogens (tertiary/aromatic N) is 1. The van der Waals surface area contributed by atoms with Crippen molar-refractivity contribution in [2.75, 3.05) is 0 Å². The van der Waals surface area contributed by atoms with Gasteiger partial charge in [-0.25, -0.2) is 0 Å². The fraction of sp³-hybridized carbons (Fsp3) is 0.700. The van der Waals surface area contributed by atoms with Gasteiger partial charge in [-0.3, -0.25) is 0 Å². The smallest absolute Gasteiger partial charge is 0.0668 e. The van der Waals surface area contributed by atoms with Gasteiger partial charge in [0.2, 0.25) is 0 Å². The van der Waals surface area contributed by atoms with Crippen LogP contribution in [0, 0.1) is 28.6 Å². The molecule has 0 amide bonds. The minimum atomic E-state index is 0.228. The van der Waals surface area contributed by atoms with Crippen LogP contribution >= 0.6 is 0 Å². The molecular formula is C10H15N.